The monoisotopic (exact) mass is 441 g/mol. The molecule has 0 radical (unpaired) electrons. The van der Waals surface area contributed by atoms with Crippen molar-refractivity contribution in [2.75, 3.05) is 6.54 Å². The second-order valence-corrected chi connectivity index (χ2v) is 8.49. The van der Waals surface area contributed by atoms with Crippen molar-refractivity contribution < 1.29 is 8.42 Å². The number of aromatic nitrogens is 4. The zero-order valence-corrected chi connectivity index (χ0v) is 17.2. The van der Waals surface area contributed by atoms with Crippen LogP contribution in [0.2, 0.25) is 10.0 Å². The van der Waals surface area contributed by atoms with Crippen molar-refractivity contribution in [1.29, 1.82) is 0 Å². The van der Waals surface area contributed by atoms with E-state index in [1.807, 2.05) is 17.7 Å². The number of hydrogen-bond acceptors (Lipinski definition) is 5. The quantitative estimate of drug-likeness (QED) is 0.567. The first-order valence-electron chi connectivity index (χ1n) is 8.31. The largest absolute Gasteiger partial charge is 0.335 e. The first-order chi connectivity index (χ1) is 13.3. The molecule has 0 unspecified atom stereocenters. The number of halogens is 2. The van der Waals surface area contributed by atoms with Crippen molar-refractivity contribution in [3.63, 3.8) is 0 Å². The summed E-state index contributed by atoms with van der Waals surface area (Å²) in [5.74, 6) is 0.879. The Bertz CT molecular complexity index is 1140. The van der Waals surface area contributed by atoms with Crippen molar-refractivity contribution >= 4 is 33.2 Å². The van der Waals surface area contributed by atoms with Gasteiger partial charge in [-0.2, -0.15) is 9.78 Å². The van der Waals surface area contributed by atoms with Crippen LogP contribution in [-0.2, 0) is 16.6 Å². The van der Waals surface area contributed by atoms with Gasteiger partial charge in [0.1, 0.15) is 10.8 Å². The highest BCUT2D eigenvalue weighted by molar-refractivity contribution is 7.89. The molecule has 3 rings (SSSR count). The van der Waals surface area contributed by atoms with Crippen LogP contribution in [0, 0.1) is 6.92 Å². The predicted octanol–water partition coefficient (Wildman–Crippen LogP) is 2.41. The Kier molecular flexibility index (Phi) is 6.19. The van der Waals surface area contributed by atoms with Crippen molar-refractivity contribution in [3.05, 3.63) is 69.1 Å². The van der Waals surface area contributed by atoms with E-state index in [-0.39, 0.29) is 21.5 Å². The van der Waals surface area contributed by atoms with Crippen molar-refractivity contribution in [2.24, 2.45) is 0 Å². The number of sulfonamides is 1. The number of hydrogen-bond donors (Lipinski definition) is 1. The Labute approximate surface area is 171 Å². The summed E-state index contributed by atoms with van der Waals surface area (Å²) in [6.07, 6.45) is 5.42. The molecule has 0 spiro atoms. The third-order valence-corrected chi connectivity index (χ3v) is 6.28. The molecule has 0 amide bonds. The summed E-state index contributed by atoms with van der Waals surface area (Å²) in [7, 11) is -3.67. The fraction of sp³-hybridized carbons (Fsp3) is 0.235. The molecule has 1 N–H and O–H groups in total. The molecule has 11 heteroatoms. The summed E-state index contributed by atoms with van der Waals surface area (Å²) < 4.78 is 30.4. The maximum absolute atomic E-state index is 12.4. The molecule has 2 heterocycles. The normalized spacial score (nSPS) is 11.7. The lowest BCUT2D eigenvalue weighted by atomic mass is 10.3. The zero-order valence-electron chi connectivity index (χ0n) is 14.8. The molecule has 1 aromatic carbocycles. The van der Waals surface area contributed by atoms with Gasteiger partial charge in [-0.1, -0.05) is 23.2 Å². The molecule has 0 aliphatic carbocycles. The Morgan fingerprint density at radius 1 is 1.18 bits per heavy atom. The molecule has 8 nitrogen and oxygen atoms in total. The summed E-state index contributed by atoms with van der Waals surface area (Å²) >= 11 is 11.6. The first-order valence-corrected chi connectivity index (χ1v) is 10.5. The third kappa shape index (κ3) is 4.44. The lowest BCUT2D eigenvalue weighted by Crippen LogP contribution is -2.26. The molecule has 0 saturated heterocycles. The Morgan fingerprint density at radius 2 is 1.89 bits per heavy atom. The smallest absolute Gasteiger partial charge is 0.291 e. The van der Waals surface area contributed by atoms with Crippen LogP contribution in [0.5, 0.6) is 0 Å². The summed E-state index contributed by atoms with van der Waals surface area (Å²) in [4.78, 5) is 16.3. The summed E-state index contributed by atoms with van der Waals surface area (Å²) in [5.41, 5.74) is -0.212. The highest BCUT2D eigenvalue weighted by atomic mass is 35.5. The van der Waals surface area contributed by atoms with E-state index >= 15 is 0 Å². The lowest BCUT2D eigenvalue weighted by Gasteiger charge is -2.09. The van der Waals surface area contributed by atoms with Gasteiger partial charge in [-0.05, 0) is 37.6 Å². The Hall–Kier alpha value is -2.20. The summed E-state index contributed by atoms with van der Waals surface area (Å²) in [5, 5.41) is 3.81. The molecule has 2 aromatic heterocycles. The number of aryl methyl sites for hydroxylation is 2. The molecule has 0 aliphatic rings. The molecule has 0 fully saturated rings. The van der Waals surface area contributed by atoms with Gasteiger partial charge in [0.25, 0.3) is 5.56 Å². The van der Waals surface area contributed by atoms with Crippen LogP contribution >= 0.6 is 23.2 Å². The number of benzene rings is 1. The molecular formula is C17H17Cl2N5O3S. The van der Waals surface area contributed by atoms with E-state index in [0.29, 0.717) is 18.7 Å². The topological polar surface area (TPSA) is 98.9 Å². The number of nitrogens with zero attached hydrogens (tertiary/aromatic N) is 4. The first kappa shape index (κ1) is 20.5. The molecule has 3 aromatic rings. The number of imidazole rings is 1. The fourth-order valence-electron chi connectivity index (χ4n) is 2.54. The van der Waals surface area contributed by atoms with Crippen LogP contribution in [0.3, 0.4) is 0 Å². The van der Waals surface area contributed by atoms with E-state index in [1.165, 1.54) is 30.5 Å². The van der Waals surface area contributed by atoms with Gasteiger partial charge in [0.2, 0.25) is 10.0 Å². The van der Waals surface area contributed by atoms with Crippen molar-refractivity contribution in [1.82, 2.24) is 24.1 Å². The minimum absolute atomic E-state index is 0.0530. The molecule has 0 aliphatic heterocycles. The SMILES string of the molecule is Cc1nccn1CCCNS(=O)(=O)c1ccc(-n2ncc(Cl)c(Cl)c2=O)cc1. The molecule has 28 heavy (non-hydrogen) atoms. The second kappa shape index (κ2) is 8.44. The van der Waals surface area contributed by atoms with E-state index < -0.39 is 15.6 Å². The average molecular weight is 442 g/mol. The third-order valence-electron chi connectivity index (χ3n) is 4.06. The molecule has 148 valence electrons. The van der Waals surface area contributed by atoms with E-state index in [2.05, 4.69) is 14.8 Å². The van der Waals surface area contributed by atoms with E-state index in [0.717, 1.165) is 10.5 Å². The van der Waals surface area contributed by atoms with Crippen LogP contribution in [0.1, 0.15) is 12.2 Å². The summed E-state index contributed by atoms with van der Waals surface area (Å²) in [6.45, 7) is 2.84. The second-order valence-electron chi connectivity index (χ2n) is 5.94. The molecule has 0 saturated carbocycles. The van der Waals surface area contributed by atoms with Gasteiger partial charge in [-0.3, -0.25) is 4.79 Å². The van der Waals surface area contributed by atoms with Crippen LogP contribution in [0.25, 0.3) is 5.69 Å². The highest BCUT2D eigenvalue weighted by Gasteiger charge is 2.15. The van der Waals surface area contributed by atoms with E-state index in [4.69, 9.17) is 23.2 Å². The maximum atomic E-state index is 12.4. The van der Waals surface area contributed by atoms with Gasteiger partial charge in [-0.15, -0.1) is 0 Å². The molecular weight excluding hydrogens is 425 g/mol. The average Bonchev–Trinajstić information content (AvgIpc) is 3.08. The fourth-order valence-corrected chi connectivity index (χ4v) is 3.87. The summed E-state index contributed by atoms with van der Waals surface area (Å²) in [6, 6.07) is 5.74. The van der Waals surface area contributed by atoms with Crippen molar-refractivity contribution in [3.8, 4) is 5.69 Å². The Morgan fingerprint density at radius 3 is 2.54 bits per heavy atom. The predicted molar refractivity (Wildman–Crippen MR) is 107 cm³/mol. The van der Waals surface area contributed by atoms with Gasteiger partial charge >= 0.3 is 0 Å². The Balaban J connectivity index is 1.67. The molecule has 0 atom stereocenters. The minimum atomic E-state index is -3.67. The number of nitrogens with one attached hydrogen (secondary N) is 1. The van der Waals surface area contributed by atoms with Gasteiger partial charge in [-0.25, -0.2) is 18.1 Å². The van der Waals surface area contributed by atoms with Crippen LogP contribution in [-0.4, -0.2) is 34.3 Å². The van der Waals surface area contributed by atoms with E-state index in [1.54, 1.807) is 6.20 Å². The van der Waals surface area contributed by atoms with Gasteiger partial charge in [0.05, 0.1) is 21.8 Å². The highest BCUT2D eigenvalue weighted by Crippen LogP contribution is 2.17. The van der Waals surface area contributed by atoms with Crippen LogP contribution < -0.4 is 10.3 Å². The van der Waals surface area contributed by atoms with Crippen LogP contribution in [0.4, 0.5) is 0 Å². The zero-order chi connectivity index (χ0) is 20.3. The van der Waals surface area contributed by atoms with E-state index in [9.17, 15) is 13.2 Å². The van der Waals surface area contributed by atoms with Gasteiger partial charge in [0, 0.05) is 25.5 Å². The van der Waals surface area contributed by atoms with Crippen molar-refractivity contribution in [2.45, 2.75) is 24.8 Å². The molecule has 0 bridgehead atoms. The number of rotatable bonds is 7. The standard InChI is InChI=1S/C17H17Cl2N5O3S/c1-12-20-8-10-23(12)9-2-7-22-28(26,27)14-5-3-13(4-6-14)24-17(25)16(19)15(18)11-21-24/h3-6,8,10-11,22H,2,7,9H2,1H3. The van der Waals surface area contributed by atoms with Gasteiger partial charge in [0.15, 0.2) is 0 Å². The minimum Gasteiger partial charge on any atom is -0.335 e. The van der Waals surface area contributed by atoms with Gasteiger partial charge < -0.3 is 4.57 Å². The lowest BCUT2D eigenvalue weighted by molar-refractivity contribution is 0.567. The van der Waals surface area contributed by atoms with Crippen LogP contribution in [0.15, 0.2) is 52.5 Å². The maximum Gasteiger partial charge on any atom is 0.291 e.